The molecule has 162 valence electrons. The highest BCUT2D eigenvalue weighted by molar-refractivity contribution is 5.86. The van der Waals surface area contributed by atoms with E-state index in [9.17, 15) is 9.90 Å². The number of carbonyl (C=O) groups is 1. The van der Waals surface area contributed by atoms with Crippen LogP contribution in [0.25, 0.3) is 10.8 Å². The van der Waals surface area contributed by atoms with Crippen molar-refractivity contribution in [3.8, 4) is 0 Å². The second-order valence-electron chi connectivity index (χ2n) is 9.39. The van der Waals surface area contributed by atoms with E-state index < -0.39 is 11.4 Å². The molecule has 31 heavy (non-hydrogen) atoms. The van der Waals surface area contributed by atoms with E-state index in [0.717, 1.165) is 18.5 Å². The lowest BCUT2D eigenvalue weighted by Gasteiger charge is -2.39. The predicted octanol–water partition coefficient (Wildman–Crippen LogP) is 6.75. The maximum Gasteiger partial charge on any atom is 0.313 e. The fourth-order valence-electron chi connectivity index (χ4n) is 5.05. The zero-order valence-electron chi connectivity index (χ0n) is 18.8. The highest BCUT2D eigenvalue weighted by atomic mass is 16.4. The first-order chi connectivity index (χ1) is 14.9. The Morgan fingerprint density at radius 1 is 1.00 bits per heavy atom. The van der Waals surface area contributed by atoms with Gasteiger partial charge in [0.15, 0.2) is 0 Å². The van der Waals surface area contributed by atoms with Gasteiger partial charge in [0.05, 0.1) is 5.41 Å². The minimum Gasteiger partial charge on any atom is -0.481 e. The quantitative estimate of drug-likeness (QED) is 0.484. The minimum absolute atomic E-state index is 0.523. The lowest BCUT2D eigenvalue weighted by atomic mass is 9.79. The predicted molar refractivity (Wildman–Crippen MR) is 129 cm³/mol. The molecule has 2 unspecified atom stereocenters. The van der Waals surface area contributed by atoms with E-state index in [1.165, 1.54) is 41.3 Å². The molecule has 4 rings (SSSR count). The third-order valence-electron chi connectivity index (χ3n) is 7.13. The van der Waals surface area contributed by atoms with Crippen LogP contribution in [0.15, 0.2) is 66.7 Å². The first-order valence-corrected chi connectivity index (χ1v) is 11.5. The summed E-state index contributed by atoms with van der Waals surface area (Å²) in [5.74, 6) is -0.262. The van der Waals surface area contributed by atoms with Crippen molar-refractivity contribution in [2.75, 3.05) is 11.4 Å². The molecule has 1 aliphatic rings. The molecule has 2 atom stereocenters. The number of fused-ring (bicyclic) bond motifs is 1. The molecule has 0 heterocycles. The normalized spacial score (nSPS) is 19.3. The SMILES string of the molecule is CCN(c1ccc2ccccc2c1)C1CCCC(c2ccc(C(C)(C)C(=O)O)cc2)C1. The van der Waals surface area contributed by atoms with E-state index in [2.05, 4.69) is 66.4 Å². The van der Waals surface area contributed by atoms with Gasteiger partial charge in [-0.25, -0.2) is 0 Å². The second-order valence-corrected chi connectivity index (χ2v) is 9.39. The van der Waals surface area contributed by atoms with Crippen molar-refractivity contribution >= 4 is 22.4 Å². The molecule has 1 saturated carbocycles. The number of anilines is 1. The number of nitrogens with zero attached hydrogens (tertiary/aromatic N) is 1. The highest BCUT2D eigenvalue weighted by Crippen LogP contribution is 2.38. The molecule has 0 aromatic heterocycles. The average molecular weight is 416 g/mol. The monoisotopic (exact) mass is 415 g/mol. The van der Waals surface area contributed by atoms with Crippen molar-refractivity contribution in [2.24, 2.45) is 0 Å². The molecule has 3 aromatic rings. The van der Waals surface area contributed by atoms with E-state index >= 15 is 0 Å². The van der Waals surface area contributed by atoms with Gasteiger partial charge in [-0.2, -0.15) is 0 Å². The molecular weight excluding hydrogens is 382 g/mol. The van der Waals surface area contributed by atoms with E-state index in [1.807, 2.05) is 12.1 Å². The van der Waals surface area contributed by atoms with Crippen LogP contribution in [0.3, 0.4) is 0 Å². The maximum atomic E-state index is 11.6. The van der Waals surface area contributed by atoms with Gasteiger partial charge in [-0.05, 0) is 80.0 Å². The summed E-state index contributed by atoms with van der Waals surface area (Å²) in [7, 11) is 0. The molecule has 3 nitrogen and oxygen atoms in total. The molecular formula is C28H33NO2. The number of rotatable bonds is 6. The maximum absolute atomic E-state index is 11.6. The molecule has 1 N–H and O–H groups in total. The molecule has 1 fully saturated rings. The van der Waals surface area contributed by atoms with Crippen molar-refractivity contribution < 1.29 is 9.90 Å². The van der Waals surface area contributed by atoms with Crippen molar-refractivity contribution in [3.05, 3.63) is 77.9 Å². The van der Waals surface area contributed by atoms with E-state index in [1.54, 1.807) is 13.8 Å². The zero-order chi connectivity index (χ0) is 22.0. The van der Waals surface area contributed by atoms with Crippen LogP contribution in [0, 0.1) is 0 Å². The number of benzene rings is 3. The first kappa shape index (κ1) is 21.4. The van der Waals surface area contributed by atoms with Crippen LogP contribution >= 0.6 is 0 Å². The Bertz CT molecular complexity index is 1050. The molecule has 1 aliphatic carbocycles. The summed E-state index contributed by atoms with van der Waals surface area (Å²) in [6.07, 6.45) is 4.79. The molecule has 0 aliphatic heterocycles. The van der Waals surface area contributed by atoms with Crippen LogP contribution in [0.4, 0.5) is 5.69 Å². The number of hydrogen-bond acceptors (Lipinski definition) is 2. The Hall–Kier alpha value is -2.81. The van der Waals surface area contributed by atoms with Gasteiger partial charge < -0.3 is 10.0 Å². The van der Waals surface area contributed by atoms with Crippen LogP contribution in [0.5, 0.6) is 0 Å². The van der Waals surface area contributed by atoms with Crippen molar-refractivity contribution in [3.63, 3.8) is 0 Å². The summed E-state index contributed by atoms with van der Waals surface area (Å²) in [4.78, 5) is 14.1. The summed E-state index contributed by atoms with van der Waals surface area (Å²) < 4.78 is 0. The third-order valence-corrected chi connectivity index (χ3v) is 7.13. The van der Waals surface area contributed by atoms with Crippen LogP contribution in [0.1, 0.15) is 63.5 Å². The summed E-state index contributed by atoms with van der Waals surface area (Å²) >= 11 is 0. The largest absolute Gasteiger partial charge is 0.481 e. The molecule has 0 spiro atoms. The van der Waals surface area contributed by atoms with Crippen molar-refractivity contribution in [2.45, 2.75) is 63.8 Å². The van der Waals surface area contributed by atoms with Crippen LogP contribution in [0.2, 0.25) is 0 Å². The summed E-state index contributed by atoms with van der Waals surface area (Å²) in [6.45, 7) is 6.79. The van der Waals surface area contributed by atoms with E-state index in [4.69, 9.17) is 0 Å². The second kappa shape index (κ2) is 8.74. The fraction of sp³-hybridized carbons (Fsp3) is 0.393. The molecule has 0 saturated heterocycles. The number of hydrogen-bond donors (Lipinski definition) is 1. The van der Waals surface area contributed by atoms with Crippen molar-refractivity contribution in [1.29, 1.82) is 0 Å². The lowest BCUT2D eigenvalue weighted by Crippen LogP contribution is -2.38. The Kier molecular flexibility index (Phi) is 6.04. The van der Waals surface area contributed by atoms with Crippen LogP contribution in [-0.2, 0) is 10.2 Å². The summed E-state index contributed by atoms with van der Waals surface area (Å²) in [5, 5.41) is 12.1. The zero-order valence-corrected chi connectivity index (χ0v) is 18.8. The van der Waals surface area contributed by atoms with Gasteiger partial charge in [0.1, 0.15) is 0 Å². The van der Waals surface area contributed by atoms with Gasteiger partial charge in [-0.15, -0.1) is 0 Å². The van der Waals surface area contributed by atoms with Gasteiger partial charge in [0.25, 0.3) is 0 Å². The average Bonchev–Trinajstić information content (AvgIpc) is 2.80. The van der Waals surface area contributed by atoms with E-state index in [0.29, 0.717) is 12.0 Å². The summed E-state index contributed by atoms with van der Waals surface area (Å²) in [5.41, 5.74) is 2.65. The van der Waals surface area contributed by atoms with Gasteiger partial charge >= 0.3 is 5.97 Å². The minimum atomic E-state index is -0.858. The van der Waals surface area contributed by atoms with Crippen LogP contribution < -0.4 is 4.90 Å². The number of carboxylic acids is 1. The van der Waals surface area contributed by atoms with E-state index in [-0.39, 0.29) is 0 Å². The Morgan fingerprint density at radius 3 is 2.39 bits per heavy atom. The Morgan fingerprint density at radius 2 is 1.71 bits per heavy atom. The molecule has 0 bridgehead atoms. The van der Waals surface area contributed by atoms with Gasteiger partial charge in [-0.1, -0.05) is 61.0 Å². The number of carboxylic acid groups (broad SMARTS) is 1. The van der Waals surface area contributed by atoms with Crippen LogP contribution in [-0.4, -0.2) is 23.7 Å². The van der Waals surface area contributed by atoms with Gasteiger partial charge in [0.2, 0.25) is 0 Å². The highest BCUT2D eigenvalue weighted by Gasteiger charge is 2.31. The Labute approximate surface area is 185 Å². The molecule has 3 aromatic carbocycles. The standard InChI is InChI=1S/C28H33NO2/c1-4-29(26-17-14-20-8-5-6-9-22(20)19-26)25-11-7-10-23(18-25)21-12-15-24(16-13-21)28(2,3)27(30)31/h5-6,8-9,12-17,19,23,25H,4,7,10-11,18H2,1-3H3,(H,30,31). The topological polar surface area (TPSA) is 40.5 Å². The molecule has 3 heteroatoms. The number of aliphatic carboxylic acids is 1. The first-order valence-electron chi connectivity index (χ1n) is 11.5. The smallest absolute Gasteiger partial charge is 0.313 e. The lowest BCUT2D eigenvalue weighted by molar-refractivity contribution is -0.142. The summed E-state index contributed by atoms with van der Waals surface area (Å²) in [6, 6.07) is 24.2. The third kappa shape index (κ3) is 4.32. The molecule has 0 amide bonds. The Balaban J connectivity index is 1.53. The molecule has 0 radical (unpaired) electrons. The fourth-order valence-corrected chi connectivity index (χ4v) is 5.05. The van der Waals surface area contributed by atoms with Crippen molar-refractivity contribution in [1.82, 2.24) is 0 Å². The van der Waals surface area contributed by atoms with Gasteiger partial charge in [-0.3, -0.25) is 4.79 Å². The van der Waals surface area contributed by atoms with Gasteiger partial charge in [0, 0.05) is 18.3 Å².